The highest BCUT2D eigenvalue weighted by molar-refractivity contribution is 7.92. The highest BCUT2D eigenvalue weighted by Crippen LogP contribution is 2.33. The van der Waals surface area contributed by atoms with E-state index in [1.54, 1.807) is 0 Å². The molecule has 124 valence electrons. The Labute approximate surface area is 136 Å². The van der Waals surface area contributed by atoms with Gasteiger partial charge in [0, 0.05) is 20.6 Å². The van der Waals surface area contributed by atoms with Crippen LogP contribution in [0, 0.1) is 0 Å². The number of nitrogens with one attached hydrogen (secondary N) is 1. The third-order valence-corrected chi connectivity index (χ3v) is 6.91. The van der Waals surface area contributed by atoms with Crippen molar-refractivity contribution in [1.29, 1.82) is 0 Å². The van der Waals surface area contributed by atoms with Crippen LogP contribution in [0.25, 0.3) is 0 Å². The van der Waals surface area contributed by atoms with Crippen molar-refractivity contribution in [3.8, 4) is 0 Å². The minimum atomic E-state index is -3.64. The van der Waals surface area contributed by atoms with Crippen LogP contribution < -0.4 is 9.03 Å². The fourth-order valence-corrected chi connectivity index (χ4v) is 4.67. The van der Waals surface area contributed by atoms with E-state index in [0.29, 0.717) is 18.7 Å². The number of rotatable bonds is 4. The SMILES string of the molecule is CN(C)S(=O)(=O)Nc1ccc(N2CCCCS2(=O)=O)c(Cl)c1. The van der Waals surface area contributed by atoms with Crippen molar-refractivity contribution in [2.75, 3.05) is 35.4 Å². The first-order chi connectivity index (χ1) is 10.1. The average molecular weight is 368 g/mol. The molecule has 0 radical (unpaired) electrons. The van der Waals surface area contributed by atoms with E-state index in [-0.39, 0.29) is 16.5 Å². The Morgan fingerprint density at radius 3 is 2.50 bits per heavy atom. The predicted octanol–water partition coefficient (Wildman–Crippen LogP) is 1.49. The Kier molecular flexibility index (Phi) is 4.90. The summed E-state index contributed by atoms with van der Waals surface area (Å²) >= 11 is 6.14. The molecule has 1 saturated heterocycles. The minimum Gasteiger partial charge on any atom is -0.271 e. The molecule has 0 saturated carbocycles. The highest BCUT2D eigenvalue weighted by atomic mass is 35.5. The molecular formula is C12H18ClN3O4S2. The lowest BCUT2D eigenvalue weighted by molar-refractivity contribution is 0.527. The first-order valence-corrected chi connectivity index (χ1v) is 10.1. The molecule has 1 fully saturated rings. The van der Waals surface area contributed by atoms with Crippen molar-refractivity contribution >= 4 is 43.2 Å². The van der Waals surface area contributed by atoms with Crippen LogP contribution in [-0.4, -0.2) is 47.5 Å². The van der Waals surface area contributed by atoms with Gasteiger partial charge in [-0.1, -0.05) is 11.6 Å². The molecule has 2 rings (SSSR count). The zero-order valence-electron chi connectivity index (χ0n) is 12.3. The summed E-state index contributed by atoms with van der Waals surface area (Å²) < 4.78 is 52.4. The summed E-state index contributed by atoms with van der Waals surface area (Å²) in [5, 5.41) is 0.185. The van der Waals surface area contributed by atoms with Gasteiger partial charge in [-0.3, -0.25) is 9.03 Å². The molecule has 1 aliphatic rings. The van der Waals surface area contributed by atoms with Gasteiger partial charge in [0.25, 0.3) is 0 Å². The predicted molar refractivity (Wildman–Crippen MR) is 88.0 cm³/mol. The molecule has 1 aliphatic heterocycles. The van der Waals surface area contributed by atoms with E-state index in [1.165, 1.54) is 36.6 Å². The van der Waals surface area contributed by atoms with Gasteiger partial charge in [0.05, 0.1) is 22.2 Å². The fraction of sp³-hybridized carbons (Fsp3) is 0.500. The number of sulfonamides is 1. The first-order valence-electron chi connectivity index (χ1n) is 6.64. The molecule has 1 aromatic carbocycles. The Morgan fingerprint density at radius 2 is 1.95 bits per heavy atom. The Balaban J connectivity index is 2.31. The van der Waals surface area contributed by atoms with E-state index in [2.05, 4.69) is 4.72 Å². The van der Waals surface area contributed by atoms with Gasteiger partial charge in [-0.15, -0.1) is 0 Å². The molecule has 0 aromatic heterocycles. The number of halogens is 1. The molecule has 0 bridgehead atoms. The van der Waals surface area contributed by atoms with Crippen molar-refractivity contribution in [2.45, 2.75) is 12.8 Å². The van der Waals surface area contributed by atoms with Crippen LogP contribution in [0.5, 0.6) is 0 Å². The zero-order valence-corrected chi connectivity index (χ0v) is 14.7. The molecule has 0 aliphatic carbocycles. The molecule has 7 nitrogen and oxygen atoms in total. The summed E-state index contributed by atoms with van der Waals surface area (Å²) in [6.07, 6.45) is 1.40. The van der Waals surface area contributed by atoms with Crippen molar-refractivity contribution < 1.29 is 16.8 Å². The smallest absolute Gasteiger partial charge is 0.271 e. The van der Waals surface area contributed by atoms with Crippen LogP contribution in [0.4, 0.5) is 11.4 Å². The average Bonchev–Trinajstić information content (AvgIpc) is 2.39. The van der Waals surface area contributed by atoms with Crippen LogP contribution in [0.3, 0.4) is 0 Å². The lowest BCUT2D eigenvalue weighted by Crippen LogP contribution is -2.38. The van der Waals surface area contributed by atoms with Gasteiger partial charge in [-0.2, -0.15) is 12.7 Å². The van der Waals surface area contributed by atoms with Crippen molar-refractivity contribution in [3.63, 3.8) is 0 Å². The second-order valence-electron chi connectivity index (χ2n) is 5.15. The van der Waals surface area contributed by atoms with Gasteiger partial charge in [0.15, 0.2) is 0 Å². The third-order valence-electron chi connectivity index (χ3n) is 3.29. The molecule has 1 aromatic rings. The highest BCUT2D eigenvalue weighted by Gasteiger charge is 2.27. The van der Waals surface area contributed by atoms with Gasteiger partial charge in [0.1, 0.15) is 0 Å². The summed E-state index contributed by atoms with van der Waals surface area (Å²) in [5.74, 6) is 0.0956. The summed E-state index contributed by atoms with van der Waals surface area (Å²) in [4.78, 5) is 0. The van der Waals surface area contributed by atoms with Crippen LogP contribution in [0.2, 0.25) is 5.02 Å². The van der Waals surface area contributed by atoms with Crippen molar-refractivity contribution in [2.24, 2.45) is 0 Å². The largest absolute Gasteiger partial charge is 0.301 e. The minimum absolute atomic E-state index is 0.0956. The number of anilines is 2. The van der Waals surface area contributed by atoms with Gasteiger partial charge in [-0.25, -0.2) is 8.42 Å². The molecular weight excluding hydrogens is 350 g/mol. The molecule has 1 N–H and O–H groups in total. The fourth-order valence-electron chi connectivity index (χ4n) is 2.07. The van der Waals surface area contributed by atoms with E-state index >= 15 is 0 Å². The normalized spacial score (nSPS) is 18.5. The topological polar surface area (TPSA) is 86.8 Å². The standard InChI is InChI=1S/C12H18ClN3O4S2/c1-15(2)22(19,20)14-10-5-6-12(11(13)9-10)16-7-3-4-8-21(16,17)18/h5-6,9,14H,3-4,7-8H2,1-2H3. The van der Waals surface area contributed by atoms with E-state index < -0.39 is 20.2 Å². The van der Waals surface area contributed by atoms with E-state index in [4.69, 9.17) is 11.6 Å². The Hall–Kier alpha value is -1.03. The van der Waals surface area contributed by atoms with Crippen molar-refractivity contribution in [1.82, 2.24) is 4.31 Å². The maximum absolute atomic E-state index is 12.1. The molecule has 0 amide bonds. The Morgan fingerprint density at radius 1 is 1.27 bits per heavy atom. The van der Waals surface area contributed by atoms with Crippen molar-refractivity contribution in [3.05, 3.63) is 23.2 Å². The van der Waals surface area contributed by atoms with E-state index in [1.807, 2.05) is 0 Å². The molecule has 0 unspecified atom stereocenters. The quantitative estimate of drug-likeness (QED) is 0.873. The molecule has 10 heteroatoms. The Bertz CT molecular complexity index is 763. The molecule has 1 heterocycles. The number of nitrogens with zero attached hydrogens (tertiary/aromatic N) is 2. The summed E-state index contributed by atoms with van der Waals surface area (Å²) in [5.41, 5.74) is 0.644. The lowest BCUT2D eigenvalue weighted by atomic mass is 10.2. The number of hydrogen-bond acceptors (Lipinski definition) is 4. The summed E-state index contributed by atoms with van der Waals surface area (Å²) in [7, 11) is -4.19. The number of benzene rings is 1. The lowest BCUT2D eigenvalue weighted by Gasteiger charge is -2.29. The van der Waals surface area contributed by atoms with Gasteiger partial charge >= 0.3 is 10.2 Å². The second-order valence-corrected chi connectivity index (χ2v) is 9.46. The summed E-state index contributed by atoms with van der Waals surface area (Å²) in [6.45, 7) is 0.380. The maximum atomic E-state index is 12.1. The first kappa shape index (κ1) is 17.3. The van der Waals surface area contributed by atoms with Crippen LogP contribution in [0.1, 0.15) is 12.8 Å². The number of hydrogen-bond donors (Lipinski definition) is 1. The molecule has 22 heavy (non-hydrogen) atoms. The molecule has 0 spiro atoms. The van der Waals surface area contributed by atoms with Gasteiger partial charge < -0.3 is 0 Å². The van der Waals surface area contributed by atoms with Gasteiger partial charge in [0.2, 0.25) is 10.0 Å². The van der Waals surface area contributed by atoms with Crippen LogP contribution >= 0.6 is 11.6 Å². The van der Waals surface area contributed by atoms with Gasteiger partial charge in [-0.05, 0) is 31.0 Å². The third kappa shape index (κ3) is 3.65. The zero-order chi connectivity index (χ0) is 16.5. The maximum Gasteiger partial charge on any atom is 0.301 e. The second kappa shape index (κ2) is 6.23. The van der Waals surface area contributed by atoms with E-state index in [9.17, 15) is 16.8 Å². The molecule has 0 atom stereocenters. The van der Waals surface area contributed by atoms with Crippen LogP contribution in [0.15, 0.2) is 18.2 Å². The monoisotopic (exact) mass is 367 g/mol. The van der Waals surface area contributed by atoms with E-state index in [0.717, 1.165) is 10.7 Å². The van der Waals surface area contributed by atoms with Crippen LogP contribution in [-0.2, 0) is 20.2 Å². The summed E-state index contributed by atoms with van der Waals surface area (Å²) in [6, 6.07) is 4.41.